The maximum absolute atomic E-state index is 5.27. The minimum absolute atomic E-state index is 0.243. The predicted molar refractivity (Wildman–Crippen MR) is 105 cm³/mol. The van der Waals surface area contributed by atoms with Gasteiger partial charge in [-0.25, -0.2) is 0 Å². The van der Waals surface area contributed by atoms with E-state index in [0.717, 1.165) is 5.71 Å². The summed E-state index contributed by atoms with van der Waals surface area (Å²) in [6.07, 6.45) is 0. The van der Waals surface area contributed by atoms with Crippen molar-refractivity contribution < 1.29 is 0 Å². The molecule has 1 heterocycles. The van der Waals surface area contributed by atoms with Gasteiger partial charge in [-0.15, -0.1) is 0 Å². The van der Waals surface area contributed by atoms with E-state index in [1.165, 1.54) is 22.3 Å². The van der Waals surface area contributed by atoms with Crippen molar-refractivity contribution in [2.75, 3.05) is 0 Å². The van der Waals surface area contributed by atoms with E-state index < -0.39 is 0 Å². The third-order valence-electron chi connectivity index (χ3n) is 5.06. The number of fused-ring (bicyclic) bond motifs is 1. The zero-order valence-electron chi connectivity index (χ0n) is 14.8. The van der Waals surface area contributed by atoms with Gasteiger partial charge in [-0.3, -0.25) is 4.99 Å². The molecule has 0 unspecified atom stereocenters. The second kappa shape index (κ2) is 6.68. The molecule has 0 saturated carbocycles. The Morgan fingerprint density at radius 1 is 0.720 bits per heavy atom. The topological polar surface area (TPSA) is 12.4 Å². The first-order valence-corrected chi connectivity index (χ1v) is 9.03. The minimum Gasteiger partial charge on any atom is -0.280 e. The third kappa shape index (κ3) is 2.91. The minimum atomic E-state index is 0.243. The lowest BCUT2D eigenvalue weighted by Gasteiger charge is -2.34. The molecule has 4 rings (SSSR count). The normalized spacial score (nSPS) is 19.4. The number of nitrogens with zero attached hydrogens (tertiary/aromatic N) is 1. The summed E-state index contributed by atoms with van der Waals surface area (Å²) in [5.74, 6) is 0.780. The van der Waals surface area contributed by atoms with Gasteiger partial charge in [0.15, 0.2) is 0 Å². The molecule has 1 aliphatic heterocycles. The Kier molecular flexibility index (Phi) is 4.23. The van der Waals surface area contributed by atoms with Crippen LogP contribution in [-0.4, -0.2) is 11.8 Å². The summed E-state index contributed by atoms with van der Waals surface area (Å²) < 4.78 is 0. The van der Waals surface area contributed by atoms with Crippen LogP contribution in [-0.2, 0) is 0 Å². The van der Waals surface area contributed by atoms with E-state index in [1.54, 1.807) is 0 Å². The van der Waals surface area contributed by atoms with E-state index in [2.05, 4.69) is 98.8 Å². The van der Waals surface area contributed by atoms with Crippen LogP contribution in [0.15, 0.2) is 89.9 Å². The fraction of sp³-hybridized carbons (Fsp3) is 0.208. The van der Waals surface area contributed by atoms with Crippen molar-refractivity contribution in [3.8, 4) is 0 Å². The van der Waals surface area contributed by atoms with Crippen LogP contribution in [0.3, 0.4) is 0 Å². The molecule has 0 N–H and O–H groups in total. The Labute approximate surface area is 150 Å². The number of benzene rings is 3. The van der Waals surface area contributed by atoms with Gasteiger partial charge >= 0.3 is 0 Å². The lowest BCUT2D eigenvalue weighted by atomic mass is 9.75. The Balaban J connectivity index is 1.93. The Morgan fingerprint density at radius 2 is 1.32 bits per heavy atom. The molecule has 0 fully saturated rings. The van der Waals surface area contributed by atoms with Crippen molar-refractivity contribution in [3.05, 3.63) is 107 Å². The lowest BCUT2D eigenvalue weighted by Crippen LogP contribution is -2.31. The van der Waals surface area contributed by atoms with Crippen molar-refractivity contribution in [1.29, 1.82) is 0 Å². The zero-order chi connectivity index (χ0) is 17.2. The Morgan fingerprint density at radius 3 is 2.00 bits per heavy atom. The van der Waals surface area contributed by atoms with Crippen LogP contribution in [0, 0.1) is 5.92 Å². The monoisotopic (exact) mass is 325 g/mol. The average Bonchev–Trinajstić information content (AvgIpc) is 2.68. The quantitative estimate of drug-likeness (QED) is 0.586. The van der Waals surface area contributed by atoms with E-state index in [9.17, 15) is 0 Å². The first-order chi connectivity index (χ1) is 12.3. The second-order valence-corrected chi connectivity index (χ2v) is 7.05. The third-order valence-corrected chi connectivity index (χ3v) is 5.06. The summed E-state index contributed by atoms with van der Waals surface area (Å²) in [5.41, 5.74) is 6.33. The van der Waals surface area contributed by atoms with E-state index in [4.69, 9.17) is 4.99 Å². The van der Waals surface area contributed by atoms with Crippen molar-refractivity contribution >= 4 is 5.71 Å². The number of rotatable bonds is 3. The highest BCUT2D eigenvalue weighted by atomic mass is 14.8. The Hall–Kier alpha value is -2.67. The SMILES string of the molecule is CC(C)[C@@H]1N=C(c2ccccc2)c2ccccc2[C@@H]1c1ccccc1. The first-order valence-electron chi connectivity index (χ1n) is 9.03. The molecule has 0 aliphatic carbocycles. The molecule has 0 aromatic heterocycles. The van der Waals surface area contributed by atoms with Gasteiger partial charge in [0.05, 0.1) is 11.8 Å². The van der Waals surface area contributed by atoms with Gasteiger partial charge in [0.25, 0.3) is 0 Å². The summed E-state index contributed by atoms with van der Waals surface area (Å²) in [5, 5.41) is 0. The average molecular weight is 325 g/mol. The molecule has 0 saturated heterocycles. The fourth-order valence-electron chi connectivity index (χ4n) is 3.86. The van der Waals surface area contributed by atoms with Crippen molar-refractivity contribution in [1.82, 2.24) is 0 Å². The van der Waals surface area contributed by atoms with Gasteiger partial charge in [-0.2, -0.15) is 0 Å². The summed E-state index contributed by atoms with van der Waals surface area (Å²) in [6.45, 7) is 4.56. The molecule has 0 spiro atoms. The van der Waals surface area contributed by atoms with Gasteiger partial charge in [0, 0.05) is 17.0 Å². The summed E-state index contributed by atoms with van der Waals surface area (Å²) in [6, 6.07) is 30.4. The summed E-state index contributed by atoms with van der Waals surface area (Å²) in [4.78, 5) is 5.27. The molecule has 0 bridgehead atoms. The van der Waals surface area contributed by atoms with Crippen LogP contribution in [0.25, 0.3) is 0 Å². The van der Waals surface area contributed by atoms with E-state index in [-0.39, 0.29) is 6.04 Å². The highest BCUT2D eigenvalue weighted by molar-refractivity contribution is 6.14. The van der Waals surface area contributed by atoms with Crippen LogP contribution >= 0.6 is 0 Å². The largest absolute Gasteiger partial charge is 0.280 e. The van der Waals surface area contributed by atoms with Gasteiger partial charge < -0.3 is 0 Å². The maximum atomic E-state index is 5.27. The van der Waals surface area contributed by atoms with Gasteiger partial charge in [0.1, 0.15) is 0 Å². The molecule has 1 aliphatic rings. The van der Waals surface area contributed by atoms with Crippen molar-refractivity contribution in [2.45, 2.75) is 25.8 Å². The van der Waals surface area contributed by atoms with Crippen LogP contribution in [0.4, 0.5) is 0 Å². The number of hydrogen-bond donors (Lipinski definition) is 0. The lowest BCUT2D eigenvalue weighted by molar-refractivity contribution is 0.448. The zero-order valence-corrected chi connectivity index (χ0v) is 14.8. The van der Waals surface area contributed by atoms with Crippen LogP contribution < -0.4 is 0 Å². The molecule has 3 aromatic carbocycles. The number of aliphatic imine (C=N–C) groups is 1. The molecule has 0 amide bonds. The molecule has 3 aromatic rings. The molecule has 124 valence electrons. The van der Waals surface area contributed by atoms with E-state index in [1.807, 2.05) is 0 Å². The van der Waals surface area contributed by atoms with Gasteiger partial charge in [0.2, 0.25) is 0 Å². The molecule has 1 nitrogen and oxygen atoms in total. The molecule has 1 heteroatoms. The Bertz CT molecular complexity index is 878. The van der Waals surface area contributed by atoms with E-state index >= 15 is 0 Å². The van der Waals surface area contributed by atoms with Crippen molar-refractivity contribution in [2.24, 2.45) is 10.9 Å². The van der Waals surface area contributed by atoms with Gasteiger partial charge in [-0.1, -0.05) is 98.8 Å². The fourth-order valence-corrected chi connectivity index (χ4v) is 3.86. The predicted octanol–water partition coefficient (Wildman–Crippen LogP) is 5.69. The molecular formula is C24H23N. The van der Waals surface area contributed by atoms with Crippen molar-refractivity contribution in [3.63, 3.8) is 0 Å². The smallest absolute Gasteiger partial charge is 0.0725 e. The molecule has 0 radical (unpaired) electrons. The molecular weight excluding hydrogens is 302 g/mol. The summed E-state index contributed by atoms with van der Waals surface area (Å²) >= 11 is 0. The maximum Gasteiger partial charge on any atom is 0.0725 e. The van der Waals surface area contributed by atoms with Crippen LogP contribution in [0.1, 0.15) is 42.0 Å². The first kappa shape index (κ1) is 15.8. The van der Waals surface area contributed by atoms with Crippen LogP contribution in [0.5, 0.6) is 0 Å². The highest BCUT2D eigenvalue weighted by Gasteiger charge is 2.34. The molecule has 25 heavy (non-hydrogen) atoms. The standard InChI is InChI=1S/C24H23N/c1-17(2)23-22(18-11-5-3-6-12-18)20-15-9-10-16-21(20)24(25-23)19-13-7-4-8-14-19/h3-17,22-23H,1-2H3/t22-,23-/m0/s1. The highest BCUT2D eigenvalue weighted by Crippen LogP contribution is 2.39. The number of hydrogen-bond acceptors (Lipinski definition) is 1. The summed E-state index contributed by atoms with van der Waals surface area (Å²) in [7, 11) is 0. The second-order valence-electron chi connectivity index (χ2n) is 7.05. The van der Waals surface area contributed by atoms with E-state index in [0.29, 0.717) is 11.8 Å². The molecule has 2 atom stereocenters. The van der Waals surface area contributed by atoms with Gasteiger partial charge in [-0.05, 0) is 17.0 Å². The van der Waals surface area contributed by atoms with Crippen LogP contribution in [0.2, 0.25) is 0 Å².